The topological polar surface area (TPSA) is 73.5 Å². The van der Waals surface area contributed by atoms with Crippen molar-refractivity contribution in [3.63, 3.8) is 0 Å². The molecule has 2 N–H and O–H groups in total. The van der Waals surface area contributed by atoms with Crippen LogP contribution >= 0.6 is 0 Å². The molecule has 170 valence electrons. The van der Waals surface area contributed by atoms with E-state index in [0.29, 0.717) is 31.8 Å². The summed E-state index contributed by atoms with van der Waals surface area (Å²) in [5.74, 6) is 1.19. The van der Waals surface area contributed by atoms with E-state index in [2.05, 4.69) is 31.2 Å². The zero-order valence-electron chi connectivity index (χ0n) is 19.3. The molecule has 0 bridgehead atoms. The van der Waals surface area contributed by atoms with Crippen molar-refractivity contribution in [2.45, 2.75) is 81.8 Å². The number of hydrogen-bond acceptors (Lipinski definition) is 4. The largest absolute Gasteiger partial charge is 0.494 e. The van der Waals surface area contributed by atoms with E-state index < -0.39 is 11.2 Å². The van der Waals surface area contributed by atoms with Gasteiger partial charge < -0.3 is 14.9 Å². The molecule has 32 heavy (non-hydrogen) atoms. The highest BCUT2D eigenvalue weighted by atomic mass is 16.5. The second kappa shape index (κ2) is 8.89. The Kier molecular flexibility index (Phi) is 6.34. The van der Waals surface area contributed by atoms with Gasteiger partial charge in [-0.25, -0.2) is 0 Å². The fourth-order valence-corrected chi connectivity index (χ4v) is 6.30. The second-order valence-corrected chi connectivity index (χ2v) is 9.91. The molecule has 0 spiro atoms. The number of nitrogens with zero attached hydrogens (tertiary/aromatic N) is 1. The summed E-state index contributed by atoms with van der Waals surface area (Å²) in [7, 11) is 0. The van der Waals surface area contributed by atoms with E-state index in [-0.39, 0.29) is 5.41 Å². The minimum Gasteiger partial charge on any atom is -0.494 e. The number of aliphatic hydroxyl groups is 2. The first kappa shape index (κ1) is 22.8. The summed E-state index contributed by atoms with van der Waals surface area (Å²) >= 11 is 0. The summed E-state index contributed by atoms with van der Waals surface area (Å²) in [5, 5.41) is 32.1. The highest BCUT2D eigenvalue weighted by Gasteiger charge is 2.60. The molecular formula is C28H35NO3. The minimum absolute atomic E-state index is 0.149. The minimum atomic E-state index is -1.25. The Balaban J connectivity index is 1.61. The number of benzene rings is 2. The van der Waals surface area contributed by atoms with E-state index in [1.54, 1.807) is 6.92 Å². The maximum atomic E-state index is 11.8. The van der Waals surface area contributed by atoms with Crippen molar-refractivity contribution in [2.24, 2.45) is 5.92 Å². The Morgan fingerprint density at radius 2 is 1.91 bits per heavy atom. The molecule has 4 nitrogen and oxygen atoms in total. The fourth-order valence-electron chi connectivity index (χ4n) is 6.30. The van der Waals surface area contributed by atoms with Crippen LogP contribution in [0.5, 0.6) is 5.75 Å². The molecule has 0 aromatic heterocycles. The normalized spacial score (nSPS) is 31.3. The molecule has 4 heteroatoms. The lowest BCUT2D eigenvalue weighted by molar-refractivity contribution is -0.205. The van der Waals surface area contributed by atoms with Crippen LogP contribution in [0.2, 0.25) is 0 Å². The Morgan fingerprint density at radius 3 is 2.62 bits per heavy atom. The van der Waals surface area contributed by atoms with Gasteiger partial charge in [-0.05, 0) is 86.6 Å². The zero-order valence-corrected chi connectivity index (χ0v) is 19.3. The third-order valence-electron chi connectivity index (χ3n) is 8.08. The average molecular weight is 434 g/mol. The first-order chi connectivity index (χ1) is 15.4. The molecule has 1 saturated carbocycles. The van der Waals surface area contributed by atoms with Gasteiger partial charge in [0.15, 0.2) is 0 Å². The number of aryl methyl sites for hydroxylation is 1. The molecule has 2 aromatic carbocycles. The summed E-state index contributed by atoms with van der Waals surface area (Å²) in [6, 6.07) is 18.3. The highest BCUT2D eigenvalue weighted by molar-refractivity contribution is 5.45. The SMILES string of the molecule is CCC12CC(C)(O)C(O)(c3ccccc3)CC1CCc1cc(OCCCCC#N)ccc12. The van der Waals surface area contributed by atoms with Crippen LogP contribution < -0.4 is 4.74 Å². The molecule has 0 heterocycles. The lowest BCUT2D eigenvalue weighted by atomic mass is 9.49. The molecule has 0 aliphatic heterocycles. The third kappa shape index (κ3) is 3.83. The predicted octanol–water partition coefficient (Wildman–Crippen LogP) is 5.40. The van der Waals surface area contributed by atoms with Crippen LogP contribution in [0, 0.1) is 17.2 Å². The summed E-state index contributed by atoms with van der Waals surface area (Å²) < 4.78 is 5.95. The molecule has 0 radical (unpaired) electrons. The molecule has 2 aliphatic carbocycles. The van der Waals surface area contributed by atoms with Crippen molar-refractivity contribution in [2.75, 3.05) is 6.61 Å². The van der Waals surface area contributed by atoms with Gasteiger partial charge in [-0.2, -0.15) is 5.26 Å². The van der Waals surface area contributed by atoms with Crippen molar-refractivity contribution in [1.82, 2.24) is 0 Å². The van der Waals surface area contributed by atoms with Gasteiger partial charge in [0.1, 0.15) is 11.4 Å². The molecule has 0 amide bonds. The van der Waals surface area contributed by atoms with Crippen LogP contribution in [0.1, 0.15) is 75.5 Å². The standard InChI is InChI=1S/C28H35NO3/c1-3-27-20-26(2,30)28(31,22-10-6-4-7-11-22)19-23(27)13-12-21-18-24(14-15-25(21)27)32-17-9-5-8-16-29/h4,6-7,10-11,14-15,18,23,30-31H,3,5,8-9,12-13,17,19-20H2,1-2H3. The van der Waals surface area contributed by atoms with Gasteiger partial charge in [0, 0.05) is 11.8 Å². The van der Waals surface area contributed by atoms with Gasteiger partial charge in [0.25, 0.3) is 0 Å². The zero-order chi connectivity index (χ0) is 22.8. The number of rotatable bonds is 7. The van der Waals surface area contributed by atoms with E-state index in [1.807, 2.05) is 30.3 Å². The summed E-state index contributed by atoms with van der Waals surface area (Å²) in [6.45, 7) is 4.64. The van der Waals surface area contributed by atoms with Crippen LogP contribution in [0.15, 0.2) is 48.5 Å². The van der Waals surface area contributed by atoms with Gasteiger partial charge in [-0.3, -0.25) is 0 Å². The first-order valence-corrected chi connectivity index (χ1v) is 12.0. The number of hydrogen-bond donors (Lipinski definition) is 2. The molecule has 0 saturated heterocycles. The van der Waals surface area contributed by atoms with Gasteiger partial charge in [-0.15, -0.1) is 0 Å². The number of fused-ring (bicyclic) bond motifs is 3. The van der Waals surface area contributed by atoms with Crippen LogP contribution in [0.4, 0.5) is 0 Å². The Hall–Kier alpha value is -2.35. The highest BCUT2D eigenvalue weighted by Crippen LogP contribution is 2.60. The Labute approximate surface area is 191 Å². The third-order valence-corrected chi connectivity index (χ3v) is 8.08. The molecule has 4 atom stereocenters. The molecule has 2 aromatic rings. The maximum absolute atomic E-state index is 11.8. The Bertz CT molecular complexity index is 980. The van der Waals surface area contributed by atoms with E-state index in [9.17, 15) is 10.2 Å². The van der Waals surface area contributed by atoms with Gasteiger partial charge in [0.05, 0.1) is 18.3 Å². The van der Waals surface area contributed by atoms with Crippen LogP contribution in [0.3, 0.4) is 0 Å². The van der Waals surface area contributed by atoms with Gasteiger partial charge >= 0.3 is 0 Å². The van der Waals surface area contributed by atoms with E-state index >= 15 is 0 Å². The molecule has 1 fully saturated rings. The molecule has 4 unspecified atom stereocenters. The number of unbranched alkanes of at least 4 members (excludes halogenated alkanes) is 2. The van der Waals surface area contributed by atoms with Crippen LogP contribution in [-0.2, 0) is 17.4 Å². The van der Waals surface area contributed by atoms with Crippen LogP contribution in [-0.4, -0.2) is 22.4 Å². The summed E-state index contributed by atoms with van der Waals surface area (Å²) in [6.07, 6.45) is 6.30. The molecule has 4 rings (SSSR count). The van der Waals surface area contributed by atoms with Gasteiger partial charge in [0.2, 0.25) is 0 Å². The van der Waals surface area contributed by atoms with Crippen molar-refractivity contribution >= 4 is 0 Å². The maximum Gasteiger partial charge on any atom is 0.119 e. The second-order valence-electron chi connectivity index (χ2n) is 9.91. The van der Waals surface area contributed by atoms with Gasteiger partial charge in [-0.1, -0.05) is 43.3 Å². The van der Waals surface area contributed by atoms with Crippen molar-refractivity contribution < 1.29 is 14.9 Å². The van der Waals surface area contributed by atoms with E-state index in [1.165, 1.54) is 11.1 Å². The predicted molar refractivity (Wildman–Crippen MR) is 125 cm³/mol. The number of nitriles is 1. The summed E-state index contributed by atoms with van der Waals surface area (Å²) in [4.78, 5) is 0. The van der Waals surface area contributed by atoms with Crippen molar-refractivity contribution in [3.8, 4) is 11.8 Å². The summed E-state index contributed by atoms with van der Waals surface area (Å²) in [5.41, 5.74) is 0.791. The smallest absolute Gasteiger partial charge is 0.119 e. The quantitative estimate of drug-likeness (QED) is 0.573. The Morgan fingerprint density at radius 1 is 1.12 bits per heavy atom. The average Bonchev–Trinajstić information content (AvgIpc) is 2.80. The molecule has 2 aliphatic rings. The lowest BCUT2D eigenvalue weighted by Crippen LogP contribution is -2.62. The van der Waals surface area contributed by atoms with Crippen molar-refractivity contribution in [3.05, 3.63) is 65.2 Å². The molecular weight excluding hydrogens is 398 g/mol. The first-order valence-electron chi connectivity index (χ1n) is 12.0. The van der Waals surface area contributed by atoms with E-state index in [4.69, 9.17) is 10.00 Å². The van der Waals surface area contributed by atoms with E-state index in [0.717, 1.165) is 43.4 Å². The fraction of sp³-hybridized carbons (Fsp3) is 0.536. The monoisotopic (exact) mass is 433 g/mol. The lowest BCUT2D eigenvalue weighted by Gasteiger charge is -2.59. The van der Waals surface area contributed by atoms with Crippen molar-refractivity contribution in [1.29, 1.82) is 5.26 Å². The van der Waals surface area contributed by atoms with Crippen LogP contribution in [0.25, 0.3) is 0 Å². The number of ether oxygens (including phenoxy) is 1.